The zero-order valence-corrected chi connectivity index (χ0v) is 11.9. The number of methoxy groups -OCH3 is 2. The molecule has 1 aliphatic rings. The molecule has 0 spiro atoms. The molecule has 20 heavy (non-hydrogen) atoms. The van der Waals surface area contributed by atoms with Gasteiger partial charge < -0.3 is 20.3 Å². The highest BCUT2D eigenvalue weighted by Crippen LogP contribution is 2.36. The number of nitrogens with zero attached hydrogens (tertiary/aromatic N) is 2. The molecule has 1 aliphatic carbocycles. The van der Waals surface area contributed by atoms with E-state index < -0.39 is 11.8 Å². The first-order chi connectivity index (χ1) is 9.49. The standard InChI is InChI=1S/C13H21N3O4/c1-7-5-16(13(18)15-12(7)14)9-4-8(6-19-2)11(20-3)10(9)17/h5,8-11,17H,4,6H2,1-3H3,(H2,14,15,18). The Labute approximate surface area is 117 Å². The van der Waals surface area contributed by atoms with Crippen LogP contribution in [-0.4, -0.2) is 47.7 Å². The Kier molecular flexibility index (Phi) is 4.42. The first-order valence-electron chi connectivity index (χ1n) is 6.54. The minimum Gasteiger partial charge on any atom is -0.388 e. The number of rotatable bonds is 4. The zero-order chi connectivity index (χ0) is 14.9. The molecule has 0 aliphatic heterocycles. The Hall–Kier alpha value is -1.44. The molecular weight excluding hydrogens is 262 g/mol. The van der Waals surface area contributed by atoms with Crippen molar-refractivity contribution in [1.29, 1.82) is 0 Å². The van der Waals surface area contributed by atoms with E-state index in [1.807, 2.05) is 0 Å². The lowest BCUT2D eigenvalue weighted by atomic mass is 10.1. The zero-order valence-electron chi connectivity index (χ0n) is 11.9. The maximum absolute atomic E-state index is 12.0. The molecule has 1 aromatic heterocycles. The molecule has 3 N–H and O–H groups in total. The van der Waals surface area contributed by atoms with Crippen molar-refractivity contribution < 1.29 is 14.6 Å². The van der Waals surface area contributed by atoms with Gasteiger partial charge in [-0.15, -0.1) is 0 Å². The summed E-state index contributed by atoms with van der Waals surface area (Å²) in [4.78, 5) is 15.7. The average molecular weight is 283 g/mol. The van der Waals surface area contributed by atoms with Crippen LogP contribution < -0.4 is 11.4 Å². The number of ether oxygens (including phenoxy) is 2. The molecule has 0 amide bonds. The predicted octanol–water partition coefficient (Wildman–Crippen LogP) is -0.283. The number of hydrogen-bond donors (Lipinski definition) is 2. The quantitative estimate of drug-likeness (QED) is 0.788. The number of anilines is 1. The lowest BCUT2D eigenvalue weighted by Crippen LogP contribution is -2.36. The van der Waals surface area contributed by atoms with E-state index in [1.165, 1.54) is 4.57 Å². The maximum atomic E-state index is 12.0. The van der Waals surface area contributed by atoms with Gasteiger partial charge in [-0.05, 0) is 13.3 Å². The molecule has 0 aromatic carbocycles. The highest BCUT2D eigenvalue weighted by molar-refractivity contribution is 5.35. The minimum absolute atomic E-state index is 0.0368. The fourth-order valence-corrected chi connectivity index (χ4v) is 2.89. The van der Waals surface area contributed by atoms with Gasteiger partial charge in [-0.2, -0.15) is 4.98 Å². The van der Waals surface area contributed by atoms with E-state index in [-0.39, 0.29) is 23.9 Å². The van der Waals surface area contributed by atoms with E-state index in [1.54, 1.807) is 27.3 Å². The van der Waals surface area contributed by atoms with Crippen LogP contribution in [0.25, 0.3) is 0 Å². The van der Waals surface area contributed by atoms with E-state index in [2.05, 4.69) is 4.98 Å². The van der Waals surface area contributed by atoms with Crippen LogP contribution in [0.15, 0.2) is 11.0 Å². The van der Waals surface area contributed by atoms with E-state index in [4.69, 9.17) is 15.2 Å². The summed E-state index contributed by atoms with van der Waals surface area (Å²) in [6, 6.07) is -0.376. The van der Waals surface area contributed by atoms with Crippen molar-refractivity contribution in [2.24, 2.45) is 5.92 Å². The van der Waals surface area contributed by atoms with Gasteiger partial charge in [0.05, 0.1) is 18.8 Å². The smallest absolute Gasteiger partial charge is 0.349 e. The Balaban J connectivity index is 2.34. The van der Waals surface area contributed by atoms with Gasteiger partial charge in [-0.1, -0.05) is 0 Å². The van der Waals surface area contributed by atoms with Gasteiger partial charge in [0.15, 0.2) is 0 Å². The molecule has 1 aromatic rings. The van der Waals surface area contributed by atoms with Crippen LogP contribution in [0.2, 0.25) is 0 Å². The maximum Gasteiger partial charge on any atom is 0.349 e. The molecule has 7 nitrogen and oxygen atoms in total. The van der Waals surface area contributed by atoms with Crippen LogP contribution >= 0.6 is 0 Å². The molecule has 1 fully saturated rings. The molecule has 4 unspecified atom stereocenters. The van der Waals surface area contributed by atoms with Gasteiger partial charge in [0.1, 0.15) is 11.9 Å². The van der Waals surface area contributed by atoms with E-state index in [0.717, 1.165) is 0 Å². The number of aliphatic hydroxyl groups excluding tert-OH is 1. The van der Waals surface area contributed by atoms with Crippen LogP contribution in [-0.2, 0) is 9.47 Å². The molecule has 2 rings (SSSR count). The van der Waals surface area contributed by atoms with E-state index >= 15 is 0 Å². The Bertz CT molecular complexity index is 531. The van der Waals surface area contributed by atoms with Crippen molar-refractivity contribution in [2.45, 2.75) is 31.6 Å². The van der Waals surface area contributed by atoms with Crippen LogP contribution in [0.4, 0.5) is 5.82 Å². The molecular formula is C13H21N3O4. The summed E-state index contributed by atoms with van der Waals surface area (Å²) in [6.07, 6.45) is 1.10. The summed E-state index contributed by atoms with van der Waals surface area (Å²) >= 11 is 0. The van der Waals surface area contributed by atoms with E-state index in [9.17, 15) is 9.90 Å². The lowest BCUT2D eigenvalue weighted by Gasteiger charge is -2.21. The Morgan fingerprint density at radius 1 is 1.55 bits per heavy atom. The molecule has 0 radical (unpaired) electrons. The molecule has 0 bridgehead atoms. The van der Waals surface area contributed by atoms with Crippen LogP contribution in [0.5, 0.6) is 0 Å². The largest absolute Gasteiger partial charge is 0.388 e. The fraction of sp³-hybridized carbons (Fsp3) is 0.692. The third-order valence-electron chi connectivity index (χ3n) is 3.92. The number of aryl methyl sites for hydroxylation is 1. The first-order valence-corrected chi connectivity index (χ1v) is 6.54. The van der Waals surface area contributed by atoms with Gasteiger partial charge >= 0.3 is 5.69 Å². The van der Waals surface area contributed by atoms with Gasteiger partial charge in [-0.3, -0.25) is 4.57 Å². The SMILES string of the molecule is COCC1CC(n2cc(C)c(N)nc2=O)C(O)C1OC. The van der Waals surface area contributed by atoms with E-state index in [0.29, 0.717) is 18.6 Å². The molecule has 4 atom stereocenters. The lowest BCUT2D eigenvalue weighted by molar-refractivity contribution is -0.0368. The van der Waals surface area contributed by atoms with Crippen molar-refractivity contribution >= 4 is 5.82 Å². The third kappa shape index (κ3) is 2.56. The summed E-state index contributed by atoms with van der Waals surface area (Å²) in [7, 11) is 3.15. The number of nitrogen functional groups attached to an aromatic ring is 1. The minimum atomic E-state index is -0.775. The highest BCUT2D eigenvalue weighted by Gasteiger charge is 2.44. The van der Waals surface area contributed by atoms with Crippen LogP contribution in [0.3, 0.4) is 0 Å². The highest BCUT2D eigenvalue weighted by atomic mass is 16.5. The topological polar surface area (TPSA) is 99.6 Å². The predicted molar refractivity (Wildman–Crippen MR) is 73.5 cm³/mol. The Morgan fingerprint density at radius 3 is 2.85 bits per heavy atom. The molecule has 7 heteroatoms. The number of aromatic nitrogens is 2. The Morgan fingerprint density at radius 2 is 2.25 bits per heavy atom. The second kappa shape index (κ2) is 5.90. The molecule has 1 saturated carbocycles. The number of hydrogen-bond acceptors (Lipinski definition) is 6. The van der Waals surface area contributed by atoms with Crippen molar-refractivity contribution in [3.05, 3.63) is 22.2 Å². The third-order valence-corrected chi connectivity index (χ3v) is 3.92. The van der Waals surface area contributed by atoms with Crippen LogP contribution in [0, 0.1) is 12.8 Å². The summed E-state index contributed by atoms with van der Waals surface area (Å²) in [5.41, 5.74) is 5.88. The van der Waals surface area contributed by atoms with Gasteiger partial charge in [0, 0.05) is 31.9 Å². The van der Waals surface area contributed by atoms with Gasteiger partial charge in [0.25, 0.3) is 0 Å². The molecule has 1 heterocycles. The van der Waals surface area contributed by atoms with Gasteiger partial charge in [-0.25, -0.2) is 4.79 Å². The van der Waals surface area contributed by atoms with Gasteiger partial charge in [0.2, 0.25) is 0 Å². The molecule has 0 saturated heterocycles. The van der Waals surface area contributed by atoms with Crippen molar-refractivity contribution in [1.82, 2.24) is 9.55 Å². The van der Waals surface area contributed by atoms with Crippen LogP contribution in [0.1, 0.15) is 18.0 Å². The fourth-order valence-electron chi connectivity index (χ4n) is 2.89. The second-order valence-electron chi connectivity index (χ2n) is 5.21. The van der Waals surface area contributed by atoms with Crippen molar-refractivity contribution in [3.63, 3.8) is 0 Å². The summed E-state index contributed by atoms with van der Waals surface area (Å²) in [5.74, 6) is 0.255. The second-order valence-corrected chi connectivity index (χ2v) is 5.21. The number of aliphatic hydroxyl groups is 1. The summed E-state index contributed by atoms with van der Waals surface area (Å²) in [5, 5.41) is 10.4. The normalized spacial score (nSPS) is 29.8. The summed E-state index contributed by atoms with van der Waals surface area (Å²) in [6.45, 7) is 2.25. The summed E-state index contributed by atoms with van der Waals surface area (Å²) < 4.78 is 11.9. The average Bonchev–Trinajstić information content (AvgIpc) is 2.71. The first kappa shape index (κ1) is 15.0. The monoisotopic (exact) mass is 283 g/mol. The molecule has 112 valence electrons. The van der Waals surface area contributed by atoms with Crippen molar-refractivity contribution in [3.8, 4) is 0 Å². The number of nitrogens with two attached hydrogens (primary N) is 1. The van der Waals surface area contributed by atoms with Crippen molar-refractivity contribution in [2.75, 3.05) is 26.6 Å².